The molecule has 1 saturated carbocycles. The highest BCUT2D eigenvalue weighted by Crippen LogP contribution is 2.30. The summed E-state index contributed by atoms with van der Waals surface area (Å²) >= 11 is 0. The van der Waals surface area contributed by atoms with E-state index in [1.165, 1.54) is 7.11 Å². The first-order valence-electron chi connectivity index (χ1n) is 8.77. The average molecular weight is 348 g/mol. The second-order valence-corrected chi connectivity index (χ2v) is 6.74. The van der Waals surface area contributed by atoms with Crippen LogP contribution in [0.5, 0.6) is 0 Å². The number of methoxy groups -OCH3 is 1. The number of amidine groups is 1. The summed E-state index contributed by atoms with van der Waals surface area (Å²) in [6.07, 6.45) is 1.95. The second-order valence-electron chi connectivity index (χ2n) is 6.74. The van der Waals surface area contributed by atoms with E-state index in [4.69, 9.17) is 4.74 Å². The Kier molecular flexibility index (Phi) is 4.39. The molecule has 0 spiro atoms. The summed E-state index contributed by atoms with van der Waals surface area (Å²) in [4.78, 5) is 28.5. The summed E-state index contributed by atoms with van der Waals surface area (Å²) in [5.41, 5.74) is 4.71. The van der Waals surface area contributed by atoms with Crippen molar-refractivity contribution in [2.24, 2.45) is 10.9 Å². The molecule has 2 aliphatic rings. The van der Waals surface area contributed by atoms with Crippen LogP contribution in [-0.4, -0.2) is 31.2 Å². The van der Waals surface area contributed by atoms with Gasteiger partial charge in [-0.15, -0.1) is 0 Å². The lowest BCUT2D eigenvalue weighted by atomic mass is 9.97. The van der Waals surface area contributed by atoms with Gasteiger partial charge in [-0.3, -0.25) is 14.6 Å². The van der Waals surface area contributed by atoms with Gasteiger partial charge in [-0.05, 0) is 41.7 Å². The lowest BCUT2D eigenvalue weighted by molar-refractivity contribution is -0.120. The molecule has 1 fully saturated rings. The van der Waals surface area contributed by atoms with E-state index in [0.29, 0.717) is 17.9 Å². The minimum absolute atomic E-state index is 0.0380. The second kappa shape index (κ2) is 6.84. The SMILES string of the molecule is COCC(=O)c1cccc(-c2ccc3c(c2)CN=C3NC(=O)C2CC2)c1. The van der Waals surface area contributed by atoms with Crippen LogP contribution in [0.3, 0.4) is 0 Å². The van der Waals surface area contributed by atoms with Crippen molar-refractivity contribution in [2.45, 2.75) is 19.4 Å². The highest BCUT2D eigenvalue weighted by molar-refractivity contribution is 6.11. The predicted octanol–water partition coefficient (Wildman–Crippen LogP) is 2.97. The molecule has 2 aromatic carbocycles. The number of benzene rings is 2. The van der Waals surface area contributed by atoms with Crippen molar-refractivity contribution in [1.29, 1.82) is 0 Å². The maximum absolute atomic E-state index is 12.0. The quantitative estimate of drug-likeness (QED) is 0.845. The van der Waals surface area contributed by atoms with Crippen LogP contribution in [0.2, 0.25) is 0 Å². The largest absolute Gasteiger partial charge is 0.377 e. The molecule has 0 aromatic heterocycles. The number of ketones is 1. The number of nitrogens with zero attached hydrogens (tertiary/aromatic N) is 1. The van der Waals surface area contributed by atoms with Gasteiger partial charge in [-0.2, -0.15) is 0 Å². The number of fused-ring (bicyclic) bond motifs is 1. The molecular weight excluding hydrogens is 328 g/mol. The highest BCUT2D eigenvalue weighted by Gasteiger charge is 2.31. The number of amides is 1. The number of carbonyl (C=O) groups excluding carboxylic acids is 2. The Morgan fingerprint density at radius 1 is 1.15 bits per heavy atom. The van der Waals surface area contributed by atoms with Crippen LogP contribution < -0.4 is 5.32 Å². The molecular formula is C21H20N2O3. The topological polar surface area (TPSA) is 67.8 Å². The Bertz CT molecular complexity index is 913. The van der Waals surface area contributed by atoms with Crippen molar-refractivity contribution in [3.05, 3.63) is 59.2 Å². The lowest BCUT2D eigenvalue weighted by Crippen LogP contribution is -2.31. The summed E-state index contributed by atoms with van der Waals surface area (Å²) in [6.45, 7) is 0.636. The summed E-state index contributed by atoms with van der Waals surface area (Å²) in [6, 6.07) is 13.6. The van der Waals surface area contributed by atoms with Gasteiger partial charge in [0, 0.05) is 24.2 Å². The fourth-order valence-corrected chi connectivity index (χ4v) is 3.14. The maximum atomic E-state index is 12.0. The van der Waals surface area contributed by atoms with Crippen molar-refractivity contribution in [2.75, 3.05) is 13.7 Å². The van der Waals surface area contributed by atoms with Gasteiger partial charge < -0.3 is 10.1 Å². The number of hydrogen-bond donors (Lipinski definition) is 1. The molecule has 2 aromatic rings. The average Bonchev–Trinajstić information content (AvgIpc) is 3.44. The van der Waals surface area contributed by atoms with Crippen LogP contribution in [0.25, 0.3) is 11.1 Å². The summed E-state index contributed by atoms with van der Waals surface area (Å²) in [5.74, 6) is 0.870. The molecule has 0 bridgehead atoms. The fraction of sp³-hybridized carbons (Fsp3) is 0.286. The minimum Gasteiger partial charge on any atom is -0.377 e. The Morgan fingerprint density at radius 2 is 1.96 bits per heavy atom. The molecule has 1 aliphatic heterocycles. The zero-order valence-electron chi connectivity index (χ0n) is 14.6. The lowest BCUT2D eigenvalue weighted by Gasteiger charge is -2.09. The molecule has 1 heterocycles. The monoisotopic (exact) mass is 348 g/mol. The van der Waals surface area contributed by atoms with Gasteiger partial charge in [0.25, 0.3) is 0 Å². The number of hydrogen-bond acceptors (Lipinski definition) is 4. The van der Waals surface area contributed by atoms with Gasteiger partial charge in [-0.1, -0.05) is 30.3 Å². The van der Waals surface area contributed by atoms with E-state index in [0.717, 1.165) is 35.1 Å². The van der Waals surface area contributed by atoms with Crippen LogP contribution >= 0.6 is 0 Å². The first kappa shape index (κ1) is 16.7. The molecule has 5 nitrogen and oxygen atoms in total. The normalized spacial score (nSPS) is 15.3. The number of rotatable bonds is 5. The molecule has 132 valence electrons. The van der Waals surface area contributed by atoms with E-state index in [9.17, 15) is 9.59 Å². The van der Waals surface area contributed by atoms with Gasteiger partial charge in [0.05, 0.1) is 6.54 Å². The van der Waals surface area contributed by atoms with Crippen molar-refractivity contribution in [1.82, 2.24) is 5.32 Å². The molecule has 0 unspecified atom stereocenters. The number of nitrogens with one attached hydrogen (secondary N) is 1. The van der Waals surface area contributed by atoms with Gasteiger partial charge in [0.1, 0.15) is 12.4 Å². The Labute approximate surface area is 152 Å². The van der Waals surface area contributed by atoms with E-state index in [1.807, 2.05) is 30.3 Å². The van der Waals surface area contributed by atoms with Crippen molar-refractivity contribution >= 4 is 17.5 Å². The standard InChI is InChI=1S/C21H20N2O3/c1-26-12-19(24)16-4-2-3-14(9-16)15-7-8-18-17(10-15)11-22-20(18)23-21(25)13-5-6-13/h2-4,7-10,13H,5-6,11-12H2,1H3,(H,22,23,25). The molecule has 26 heavy (non-hydrogen) atoms. The molecule has 1 N–H and O–H groups in total. The highest BCUT2D eigenvalue weighted by atomic mass is 16.5. The van der Waals surface area contributed by atoms with Crippen LogP contribution in [0, 0.1) is 5.92 Å². The number of Topliss-reactive ketones (excluding diaryl/α,β-unsaturated/α-hetero) is 1. The van der Waals surface area contributed by atoms with Crippen molar-refractivity contribution in [3.8, 4) is 11.1 Å². The van der Waals surface area contributed by atoms with Gasteiger partial charge in [0.15, 0.2) is 5.78 Å². The van der Waals surface area contributed by atoms with Crippen LogP contribution in [0.1, 0.15) is 34.3 Å². The fourth-order valence-electron chi connectivity index (χ4n) is 3.14. The van der Waals surface area contributed by atoms with E-state index in [1.54, 1.807) is 6.07 Å². The third-order valence-corrected chi connectivity index (χ3v) is 4.75. The van der Waals surface area contributed by atoms with E-state index in [2.05, 4.69) is 16.4 Å². The number of ether oxygens (including phenoxy) is 1. The van der Waals surface area contributed by atoms with Gasteiger partial charge >= 0.3 is 0 Å². The Hall–Kier alpha value is -2.79. The third kappa shape index (κ3) is 3.30. The number of carbonyl (C=O) groups is 2. The molecule has 0 radical (unpaired) electrons. The minimum atomic E-state index is -0.0380. The van der Waals surface area contributed by atoms with Crippen molar-refractivity contribution in [3.63, 3.8) is 0 Å². The Balaban J connectivity index is 1.56. The van der Waals surface area contributed by atoms with E-state index in [-0.39, 0.29) is 24.2 Å². The van der Waals surface area contributed by atoms with Crippen LogP contribution in [0.15, 0.2) is 47.5 Å². The zero-order chi connectivity index (χ0) is 18.1. The predicted molar refractivity (Wildman–Crippen MR) is 99.2 cm³/mol. The summed E-state index contributed by atoms with van der Waals surface area (Å²) in [5, 5.41) is 2.95. The number of aliphatic imine (C=N–C) groups is 1. The molecule has 0 saturated heterocycles. The maximum Gasteiger partial charge on any atom is 0.228 e. The first-order valence-corrected chi connectivity index (χ1v) is 8.77. The zero-order valence-corrected chi connectivity index (χ0v) is 14.6. The summed E-state index contributed by atoms with van der Waals surface area (Å²) < 4.78 is 4.93. The van der Waals surface area contributed by atoms with Gasteiger partial charge in [-0.25, -0.2) is 0 Å². The van der Waals surface area contributed by atoms with E-state index < -0.39 is 0 Å². The van der Waals surface area contributed by atoms with Crippen molar-refractivity contribution < 1.29 is 14.3 Å². The van der Waals surface area contributed by atoms with E-state index >= 15 is 0 Å². The summed E-state index contributed by atoms with van der Waals surface area (Å²) in [7, 11) is 1.52. The van der Waals surface area contributed by atoms with Gasteiger partial charge in [0.2, 0.25) is 5.91 Å². The van der Waals surface area contributed by atoms with Crippen LogP contribution in [0.4, 0.5) is 0 Å². The third-order valence-electron chi connectivity index (χ3n) is 4.75. The molecule has 5 heteroatoms. The smallest absolute Gasteiger partial charge is 0.228 e. The molecule has 4 rings (SSSR count). The first-order chi connectivity index (χ1) is 12.7. The molecule has 1 aliphatic carbocycles. The molecule has 1 amide bonds. The molecule has 0 atom stereocenters. The van der Waals surface area contributed by atoms with Crippen LogP contribution in [-0.2, 0) is 16.1 Å². The Morgan fingerprint density at radius 3 is 2.73 bits per heavy atom.